The zero-order valence-corrected chi connectivity index (χ0v) is 19.3. The molecular formula is C29H21N3O4. The van der Waals surface area contributed by atoms with Crippen molar-refractivity contribution in [1.29, 1.82) is 0 Å². The summed E-state index contributed by atoms with van der Waals surface area (Å²) in [6.45, 7) is 2.13. The number of hydrogen-bond acceptors (Lipinski definition) is 7. The van der Waals surface area contributed by atoms with E-state index in [1.54, 1.807) is 0 Å². The summed E-state index contributed by atoms with van der Waals surface area (Å²) in [4.78, 5) is 13.5. The second-order valence-corrected chi connectivity index (χ2v) is 8.41. The van der Waals surface area contributed by atoms with E-state index in [1.165, 1.54) is 0 Å². The van der Waals surface area contributed by atoms with Crippen LogP contribution in [0.2, 0.25) is 0 Å². The maximum atomic E-state index is 10.5. The maximum Gasteiger partial charge on any atom is 0.320 e. The number of aromatic nitrogens is 3. The van der Waals surface area contributed by atoms with Crippen LogP contribution in [0.25, 0.3) is 55.1 Å². The lowest BCUT2D eigenvalue weighted by atomic mass is 9.93. The van der Waals surface area contributed by atoms with E-state index in [0.29, 0.717) is 12.4 Å². The number of fused-ring (bicyclic) bond motifs is 5. The molecule has 0 fully saturated rings. The monoisotopic (exact) mass is 475 g/mol. The van der Waals surface area contributed by atoms with Crippen LogP contribution < -0.4 is 4.74 Å². The second-order valence-electron chi connectivity index (χ2n) is 8.41. The first-order valence-electron chi connectivity index (χ1n) is 11.5. The molecule has 0 saturated carbocycles. The highest BCUT2D eigenvalue weighted by molar-refractivity contribution is 6.20. The molecule has 0 unspecified atom stereocenters. The quantitative estimate of drug-likeness (QED) is 0.261. The van der Waals surface area contributed by atoms with Crippen molar-refractivity contribution < 1.29 is 20.1 Å². The fourth-order valence-electron chi connectivity index (χ4n) is 4.65. The summed E-state index contributed by atoms with van der Waals surface area (Å²) in [7, 11) is 0. The molecule has 1 heterocycles. The molecule has 0 saturated heterocycles. The molecule has 0 radical (unpaired) electrons. The molecule has 3 N–H and O–H groups in total. The SMILES string of the molecule is CCOc1nc(-c2c(O)cc(O)cc2O)nc(-c2cc3c4ccccc4ccc3c3ccccc23)n1. The molecule has 7 heteroatoms. The van der Waals surface area contributed by atoms with Gasteiger partial charge in [0.1, 0.15) is 22.8 Å². The van der Waals surface area contributed by atoms with E-state index in [0.717, 1.165) is 50.0 Å². The van der Waals surface area contributed by atoms with Crippen molar-refractivity contribution in [1.82, 2.24) is 15.0 Å². The lowest BCUT2D eigenvalue weighted by Crippen LogP contribution is -2.04. The Morgan fingerprint density at radius 2 is 1.28 bits per heavy atom. The highest BCUT2D eigenvalue weighted by Gasteiger charge is 2.20. The number of phenolic OH excluding ortho intramolecular Hbond substituents is 3. The van der Waals surface area contributed by atoms with Crippen molar-refractivity contribution in [3.8, 4) is 46.0 Å². The van der Waals surface area contributed by atoms with Crippen LogP contribution in [0.4, 0.5) is 0 Å². The number of nitrogens with zero attached hydrogens (tertiary/aromatic N) is 3. The van der Waals surface area contributed by atoms with E-state index in [2.05, 4.69) is 51.4 Å². The third-order valence-corrected chi connectivity index (χ3v) is 6.20. The highest BCUT2D eigenvalue weighted by atomic mass is 16.5. The Labute approximate surface area is 205 Å². The van der Waals surface area contributed by atoms with Gasteiger partial charge in [-0.15, -0.1) is 0 Å². The first-order valence-corrected chi connectivity index (χ1v) is 11.5. The molecule has 6 rings (SSSR count). The van der Waals surface area contributed by atoms with Gasteiger partial charge in [-0.1, -0.05) is 60.7 Å². The fraction of sp³-hybridized carbons (Fsp3) is 0.0690. The largest absolute Gasteiger partial charge is 0.508 e. The molecule has 1 aromatic heterocycles. The van der Waals surface area contributed by atoms with Crippen molar-refractivity contribution in [2.75, 3.05) is 6.61 Å². The molecule has 0 aliphatic heterocycles. The predicted molar refractivity (Wildman–Crippen MR) is 139 cm³/mol. The number of benzene rings is 5. The molecular weight excluding hydrogens is 454 g/mol. The van der Waals surface area contributed by atoms with Gasteiger partial charge in [-0.05, 0) is 45.3 Å². The van der Waals surface area contributed by atoms with Crippen molar-refractivity contribution in [3.63, 3.8) is 0 Å². The Kier molecular flexibility index (Phi) is 5.04. The minimum atomic E-state index is -0.360. The van der Waals surface area contributed by atoms with Crippen LogP contribution in [0, 0.1) is 0 Å². The summed E-state index contributed by atoms with van der Waals surface area (Å²) in [5.74, 6) is -0.634. The van der Waals surface area contributed by atoms with Crippen LogP contribution in [-0.4, -0.2) is 36.9 Å². The summed E-state index contributed by atoms with van der Waals surface area (Å²) >= 11 is 0. The molecule has 0 amide bonds. The van der Waals surface area contributed by atoms with E-state index >= 15 is 0 Å². The Bertz CT molecular complexity index is 1780. The summed E-state index contributed by atoms with van der Waals surface area (Å²) in [5.41, 5.74) is 0.741. The topological polar surface area (TPSA) is 109 Å². The maximum absolute atomic E-state index is 10.5. The highest BCUT2D eigenvalue weighted by Crippen LogP contribution is 2.41. The van der Waals surface area contributed by atoms with Crippen LogP contribution >= 0.6 is 0 Å². The van der Waals surface area contributed by atoms with E-state index in [4.69, 9.17) is 4.74 Å². The molecule has 5 aromatic carbocycles. The summed E-state index contributed by atoms with van der Waals surface area (Å²) in [5, 5.41) is 37.1. The van der Waals surface area contributed by atoms with Gasteiger partial charge in [0.25, 0.3) is 0 Å². The summed E-state index contributed by atoms with van der Waals surface area (Å²) in [6, 6.07) is 24.8. The minimum absolute atomic E-state index is 0.0204. The van der Waals surface area contributed by atoms with Crippen molar-refractivity contribution in [2.45, 2.75) is 6.92 Å². The van der Waals surface area contributed by atoms with Crippen molar-refractivity contribution >= 4 is 32.3 Å². The molecule has 0 aliphatic rings. The molecule has 176 valence electrons. The van der Waals surface area contributed by atoms with Crippen molar-refractivity contribution in [3.05, 3.63) is 78.9 Å². The Hall–Kier alpha value is -4.91. The van der Waals surface area contributed by atoms with Gasteiger partial charge in [-0.25, -0.2) is 4.98 Å². The van der Waals surface area contributed by atoms with Crippen LogP contribution in [-0.2, 0) is 0 Å². The van der Waals surface area contributed by atoms with Gasteiger partial charge >= 0.3 is 6.01 Å². The average Bonchev–Trinajstić information content (AvgIpc) is 2.87. The van der Waals surface area contributed by atoms with Crippen molar-refractivity contribution in [2.24, 2.45) is 0 Å². The lowest BCUT2D eigenvalue weighted by molar-refractivity contribution is 0.312. The number of ether oxygens (including phenoxy) is 1. The molecule has 0 spiro atoms. The van der Waals surface area contributed by atoms with Crippen LogP contribution in [0.1, 0.15) is 6.92 Å². The average molecular weight is 476 g/mol. The zero-order valence-electron chi connectivity index (χ0n) is 19.3. The van der Waals surface area contributed by atoms with Gasteiger partial charge in [-0.2, -0.15) is 9.97 Å². The number of rotatable bonds is 4. The van der Waals surface area contributed by atoms with E-state index in [9.17, 15) is 15.3 Å². The summed E-state index contributed by atoms with van der Waals surface area (Å²) < 4.78 is 5.63. The molecule has 0 bridgehead atoms. The Morgan fingerprint density at radius 1 is 0.639 bits per heavy atom. The smallest absolute Gasteiger partial charge is 0.320 e. The standard InChI is InChI=1S/C29H21N3O4/c1-2-36-29-31-27(30-28(32-29)26-24(34)13-17(33)14-25(26)35)23-15-22-18-8-4-3-7-16(18)11-12-21(22)19-9-5-6-10-20(19)23/h3-15,33-35H,2H2,1H3. The molecule has 7 nitrogen and oxygen atoms in total. The van der Waals surface area contributed by atoms with E-state index < -0.39 is 0 Å². The third kappa shape index (κ3) is 3.49. The Morgan fingerprint density at radius 3 is 2.03 bits per heavy atom. The van der Waals surface area contributed by atoms with Gasteiger partial charge in [0.05, 0.1) is 6.61 Å². The van der Waals surface area contributed by atoms with Crippen LogP contribution in [0.15, 0.2) is 78.9 Å². The number of aromatic hydroxyl groups is 3. The number of hydrogen-bond donors (Lipinski definition) is 3. The van der Waals surface area contributed by atoms with Crippen LogP contribution in [0.3, 0.4) is 0 Å². The van der Waals surface area contributed by atoms with Gasteiger partial charge in [0, 0.05) is 17.7 Å². The normalized spacial score (nSPS) is 11.4. The van der Waals surface area contributed by atoms with Gasteiger partial charge in [-0.3, -0.25) is 0 Å². The lowest BCUT2D eigenvalue weighted by Gasteiger charge is -2.14. The van der Waals surface area contributed by atoms with E-state index in [-0.39, 0.29) is 34.6 Å². The third-order valence-electron chi connectivity index (χ3n) is 6.20. The molecule has 36 heavy (non-hydrogen) atoms. The Balaban J connectivity index is 1.70. The first-order chi connectivity index (χ1) is 17.5. The molecule has 0 atom stereocenters. The molecule has 0 aliphatic carbocycles. The summed E-state index contributed by atoms with van der Waals surface area (Å²) in [6.07, 6.45) is 0. The number of phenols is 3. The zero-order chi connectivity index (χ0) is 24.8. The minimum Gasteiger partial charge on any atom is -0.508 e. The predicted octanol–water partition coefficient (Wildman–Crippen LogP) is 6.18. The fourth-order valence-corrected chi connectivity index (χ4v) is 4.65. The van der Waals surface area contributed by atoms with Gasteiger partial charge in [0.15, 0.2) is 11.6 Å². The van der Waals surface area contributed by atoms with E-state index in [1.807, 2.05) is 37.3 Å². The van der Waals surface area contributed by atoms with Crippen LogP contribution in [0.5, 0.6) is 23.3 Å². The van der Waals surface area contributed by atoms with Gasteiger partial charge in [0.2, 0.25) is 0 Å². The first kappa shape index (κ1) is 21.6. The van der Waals surface area contributed by atoms with Gasteiger partial charge < -0.3 is 20.1 Å². The second kappa shape index (κ2) is 8.39. The molecule has 6 aromatic rings.